The third-order valence-electron chi connectivity index (χ3n) is 2.93. The van der Waals surface area contributed by atoms with E-state index in [0.717, 1.165) is 0 Å². The zero-order valence-electron chi connectivity index (χ0n) is 11.2. The topological polar surface area (TPSA) is 131 Å². The van der Waals surface area contributed by atoms with Gasteiger partial charge < -0.3 is 30.5 Å². The predicted molar refractivity (Wildman–Crippen MR) is 67.0 cm³/mol. The van der Waals surface area contributed by atoms with Gasteiger partial charge in [0.1, 0.15) is 6.04 Å². The number of carboxylic acid groups (broad SMARTS) is 1. The number of carboxylic acids is 1. The molecule has 1 heterocycles. The van der Waals surface area contributed by atoms with E-state index in [1.54, 1.807) is 0 Å². The summed E-state index contributed by atoms with van der Waals surface area (Å²) in [7, 11) is 1.36. The maximum atomic E-state index is 12.0. The second-order valence-corrected chi connectivity index (χ2v) is 4.33. The summed E-state index contributed by atoms with van der Waals surface area (Å²) in [5.41, 5.74) is 5.20. The summed E-state index contributed by atoms with van der Waals surface area (Å²) < 4.78 is 10.0. The van der Waals surface area contributed by atoms with E-state index < -0.39 is 30.1 Å². The highest BCUT2D eigenvalue weighted by molar-refractivity contribution is 5.86. The number of hydrogen-bond donors (Lipinski definition) is 3. The van der Waals surface area contributed by atoms with Crippen molar-refractivity contribution in [1.82, 2.24) is 10.2 Å². The predicted octanol–water partition coefficient (Wildman–Crippen LogP) is -1.63. The monoisotopic (exact) mass is 289 g/mol. The van der Waals surface area contributed by atoms with E-state index in [0.29, 0.717) is 6.61 Å². The molecule has 0 aromatic rings. The molecule has 0 spiro atoms. The molecule has 1 fully saturated rings. The van der Waals surface area contributed by atoms with E-state index in [9.17, 15) is 14.4 Å². The molecule has 0 bridgehead atoms. The van der Waals surface area contributed by atoms with E-state index in [1.165, 1.54) is 12.0 Å². The van der Waals surface area contributed by atoms with Crippen LogP contribution in [0.2, 0.25) is 0 Å². The minimum absolute atomic E-state index is 0.0322. The van der Waals surface area contributed by atoms with Crippen molar-refractivity contribution in [2.75, 3.05) is 33.4 Å². The number of nitrogens with two attached hydrogens (primary N) is 1. The Morgan fingerprint density at radius 1 is 1.55 bits per heavy atom. The van der Waals surface area contributed by atoms with Crippen LogP contribution in [0.4, 0.5) is 4.79 Å². The lowest BCUT2D eigenvalue weighted by molar-refractivity contribution is -0.139. The molecule has 1 aliphatic heterocycles. The van der Waals surface area contributed by atoms with Crippen LogP contribution in [0.5, 0.6) is 0 Å². The number of ether oxygens (including phenoxy) is 2. The van der Waals surface area contributed by atoms with Crippen LogP contribution >= 0.6 is 0 Å². The number of rotatable bonds is 6. The number of methoxy groups -OCH3 is 1. The molecule has 0 saturated carbocycles. The first-order valence-electron chi connectivity index (χ1n) is 6.11. The summed E-state index contributed by atoms with van der Waals surface area (Å²) in [6, 6.07) is -1.31. The van der Waals surface area contributed by atoms with Gasteiger partial charge in [-0.1, -0.05) is 0 Å². The molecule has 0 aromatic carbocycles. The lowest BCUT2D eigenvalue weighted by Gasteiger charge is -2.33. The van der Waals surface area contributed by atoms with Crippen LogP contribution in [0.25, 0.3) is 0 Å². The van der Waals surface area contributed by atoms with Gasteiger partial charge in [-0.25, -0.2) is 4.79 Å². The molecule has 4 N–H and O–H groups in total. The van der Waals surface area contributed by atoms with E-state index in [2.05, 4.69) is 5.32 Å². The Morgan fingerprint density at radius 2 is 2.25 bits per heavy atom. The second-order valence-electron chi connectivity index (χ2n) is 4.33. The number of aliphatic carboxylic acids is 1. The van der Waals surface area contributed by atoms with Crippen LogP contribution in [0, 0.1) is 0 Å². The molecule has 0 radical (unpaired) electrons. The van der Waals surface area contributed by atoms with Gasteiger partial charge in [-0.3, -0.25) is 9.59 Å². The highest BCUT2D eigenvalue weighted by Gasteiger charge is 2.31. The SMILES string of the molecule is COC(CNC(=O)N1CCOCC1C(N)=O)CC(=O)O. The second kappa shape index (κ2) is 7.65. The molecule has 1 saturated heterocycles. The first-order chi connectivity index (χ1) is 9.45. The fourth-order valence-electron chi connectivity index (χ4n) is 1.82. The van der Waals surface area contributed by atoms with E-state index in [4.69, 9.17) is 20.3 Å². The smallest absolute Gasteiger partial charge is 0.318 e. The van der Waals surface area contributed by atoms with Gasteiger partial charge in [0, 0.05) is 20.2 Å². The number of primary amides is 1. The van der Waals surface area contributed by atoms with Gasteiger partial charge in [0.05, 0.1) is 25.7 Å². The largest absolute Gasteiger partial charge is 0.481 e. The number of morpholine rings is 1. The summed E-state index contributed by atoms with van der Waals surface area (Å²) in [5.74, 6) is -1.67. The summed E-state index contributed by atoms with van der Waals surface area (Å²) >= 11 is 0. The van der Waals surface area contributed by atoms with Gasteiger partial charge in [0.15, 0.2) is 0 Å². The molecule has 9 nitrogen and oxygen atoms in total. The van der Waals surface area contributed by atoms with Crippen molar-refractivity contribution in [3.63, 3.8) is 0 Å². The van der Waals surface area contributed by atoms with Gasteiger partial charge in [-0.05, 0) is 0 Å². The Bertz CT molecular complexity index is 375. The molecule has 0 aliphatic carbocycles. The Hall–Kier alpha value is -1.87. The van der Waals surface area contributed by atoms with Crippen LogP contribution in [-0.2, 0) is 19.1 Å². The Kier molecular flexibility index (Phi) is 6.19. The zero-order chi connectivity index (χ0) is 15.1. The molecular formula is C11H19N3O6. The third-order valence-corrected chi connectivity index (χ3v) is 2.93. The van der Waals surface area contributed by atoms with Gasteiger partial charge in [-0.2, -0.15) is 0 Å². The van der Waals surface area contributed by atoms with Crippen molar-refractivity contribution in [3.8, 4) is 0 Å². The third kappa shape index (κ3) is 4.67. The van der Waals surface area contributed by atoms with Crippen LogP contribution in [0.1, 0.15) is 6.42 Å². The summed E-state index contributed by atoms with van der Waals surface area (Å²) in [6.45, 7) is 0.659. The van der Waals surface area contributed by atoms with Crippen molar-refractivity contribution in [1.29, 1.82) is 0 Å². The van der Waals surface area contributed by atoms with Gasteiger partial charge >= 0.3 is 12.0 Å². The average molecular weight is 289 g/mol. The van der Waals surface area contributed by atoms with Gasteiger partial charge in [-0.15, -0.1) is 0 Å². The average Bonchev–Trinajstić information content (AvgIpc) is 2.42. The standard InChI is InChI=1S/C11H19N3O6/c1-19-7(4-9(15)16)5-13-11(18)14-2-3-20-6-8(14)10(12)17/h7-8H,2-6H2,1H3,(H2,12,17)(H,13,18)(H,15,16). The van der Waals surface area contributed by atoms with Crippen LogP contribution < -0.4 is 11.1 Å². The van der Waals surface area contributed by atoms with E-state index in [-0.39, 0.29) is 26.1 Å². The summed E-state index contributed by atoms with van der Waals surface area (Å²) in [5, 5.41) is 11.2. The number of nitrogens with one attached hydrogen (secondary N) is 1. The van der Waals surface area contributed by atoms with Gasteiger partial charge in [0.2, 0.25) is 5.91 Å². The van der Waals surface area contributed by atoms with E-state index >= 15 is 0 Å². The number of carbonyl (C=O) groups is 3. The fourth-order valence-corrected chi connectivity index (χ4v) is 1.82. The summed E-state index contributed by atoms with van der Waals surface area (Å²) in [4.78, 5) is 35.0. The number of urea groups is 1. The minimum Gasteiger partial charge on any atom is -0.481 e. The summed E-state index contributed by atoms with van der Waals surface area (Å²) in [6.07, 6.45) is -0.858. The zero-order valence-corrected chi connectivity index (χ0v) is 11.2. The highest BCUT2D eigenvalue weighted by Crippen LogP contribution is 2.07. The van der Waals surface area contributed by atoms with Crippen molar-refractivity contribution in [2.24, 2.45) is 5.73 Å². The number of nitrogens with zero attached hydrogens (tertiary/aromatic N) is 1. The lowest BCUT2D eigenvalue weighted by Crippen LogP contribution is -2.58. The Balaban J connectivity index is 2.51. The van der Waals surface area contributed by atoms with Gasteiger partial charge in [0.25, 0.3) is 0 Å². The van der Waals surface area contributed by atoms with Crippen LogP contribution in [0.3, 0.4) is 0 Å². The molecule has 1 rings (SSSR count). The minimum atomic E-state index is -1.02. The molecule has 114 valence electrons. The molecule has 20 heavy (non-hydrogen) atoms. The maximum Gasteiger partial charge on any atom is 0.318 e. The molecular weight excluding hydrogens is 270 g/mol. The molecule has 2 unspecified atom stereocenters. The molecule has 9 heteroatoms. The lowest BCUT2D eigenvalue weighted by atomic mass is 10.2. The van der Waals surface area contributed by atoms with Crippen molar-refractivity contribution >= 4 is 17.9 Å². The quantitative estimate of drug-likeness (QED) is 0.538. The number of hydrogen-bond acceptors (Lipinski definition) is 5. The molecule has 3 amide bonds. The van der Waals surface area contributed by atoms with Crippen molar-refractivity contribution in [3.05, 3.63) is 0 Å². The van der Waals surface area contributed by atoms with Crippen LogP contribution in [0.15, 0.2) is 0 Å². The highest BCUT2D eigenvalue weighted by atomic mass is 16.5. The Labute approximate surface area is 116 Å². The normalized spacial score (nSPS) is 20.2. The first-order valence-corrected chi connectivity index (χ1v) is 6.11. The molecule has 0 aromatic heterocycles. The molecule has 2 atom stereocenters. The van der Waals surface area contributed by atoms with Crippen molar-refractivity contribution < 1.29 is 29.0 Å². The Morgan fingerprint density at radius 3 is 2.80 bits per heavy atom. The number of amides is 3. The molecule has 1 aliphatic rings. The number of carbonyl (C=O) groups excluding carboxylic acids is 2. The fraction of sp³-hybridized carbons (Fsp3) is 0.727. The van der Waals surface area contributed by atoms with Crippen LogP contribution in [-0.4, -0.2) is 73.5 Å². The van der Waals surface area contributed by atoms with E-state index in [1.807, 2.05) is 0 Å². The maximum absolute atomic E-state index is 12.0. The first kappa shape index (κ1) is 16.2. The van der Waals surface area contributed by atoms with Crippen molar-refractivity contribution in [2.45, 2.75) is 18.6 Å².